The third-order valence-corrected chi connectivity index (χ3v) is 3.63. The van der Waals surface area contributed by atoms with E-state index in [0.29, 0.717) is 22.0 Å². The van der Waals surface area contributed by atoms with Crippen LogP contribution in [0.1, 0.15) is 11.7 Å². The van der Waals surface area contributed by atoms with E-state index >= 15 is 0 Å². The Bertz CT molecular complexity index is 817. The van der Waals surface area contributed by atoms with E-state index < -0.39 is 12.0 Å². The van der Waals surface area contributed by atoms with Gasteiger partial charge in [-0.2, -0.15) is 5.10 Å². The fourth-order valence-corrected chi connectivity index (χ4v) is 2.38. The van der Waals surface area contributed by atoms with Crippen LogP contribution < -0.4 is 5.32 Å². The van der Waals surface area contributed by atoms with Gasteiger partial charge in [-0.15, -0.1) is 0 Å². The summed E-state index contributed by atoms with van der Waals surface area (Å²) in [5.41, 5.74) is 1.71. The van der Waals surface area contributed by atoms with E-state index in [-0.39, 0.29) is 0 Å². The van der Waals surface area contributed by atoms with E-state index in [1.54, 1.807) is 41.2 Å². The molecule has 2 aromatic carbocycles. The van der Waals surface area contributed by atoms with Crippen molar-refractivity contribution in [3.8, 4) is 5.69 Å². The van der Waals surface area contributed by atoms with Crippen LogP contribution in [-0.4, -0.2) is 20.8 Å². The first-order chi connectivity index (χ1) is 11.1. The number of aromatic nitrogens is 2. The maximum absolute atomic E-state index is 12.1. The number of nitrogens with one attached hydrogen (secondary N) is 1. The molecule has 1 aromatic heterocycles. The zero-order chi connectivity index (χ0) is 16.2. The molecule has 5 nitrogen and oxygen atoms in total. The van der Waals surface area contributed by atoms with E-state index in [2.05, 4.69) is 10.4 Å². The monoisotopic (exact) mass is 327 g/mol. The Kier molecular flexibility index (Phi) is 4.41. The summed E-state index contributed by atoms with van der Waals surface area (Å²) in [6.45, 7) is 0. The van der Waals surface area contributed by atoms with Crippen molar-refractivity contribution in [1.82, 2.24) is 9.78 Å². The molecule has 0 spiro atoms. The van der Waals surface area contributed by atoms with Crippen LogP contribution in [0, 0.1) is 0 Å². The number of carbonyl (C=O) groups excluding carboxylic acids is 1. The smallest absolute Gasteiger partial charge is 0.257 e. The van der Waals surface area contributed by atoms with Crippen LogP contribution in [0.25, 0.3) is 5.69 Å². The van der Waals surface area contributed by atoms with Crippen LogP contribution >= 0.6 is 11.6 Å². The average Bonchev–Trinajstić information content (AvgIpc) is 3.03. The maximum Gasteiger partial charge on any atom is 0.257 e. The summed E-state index contributed by atoms with van der Waals surface area (Å²) in [6.07, 6.45) is 1.90. The number of hydrogen-bond acceptors (Lipinski definition) is 3. The highest BCUT2D eigenvalue weighted by atomic mass is 35.5. The third kappa shape index (κ3) is 3.41. The van der Waals surface area contributed by atoms with Crippen LogP contribution in [-0.2, 0) is 4.79 Å². The number of para-hydroxylation sites is 1. The number of aliphatic hydroxyl groups is 1. The standard InChI is InChI=1S/C17H14ClN3O2/c18-14-8-4-5-9-15(14)21-11-13(10-19-21)20-17(23)16(22)12-6-2-1-3-7-12/h1-11,16,22H,(H,20,23). The zero-order valence-electron chi connectivity index (χ0n) is 12.1. The summed E-state index contributed by atoms with van der Waals surface area (Å²) in [6, 6.07) is 16.0. The molecule has 1 unspecified atom stereocenters. The van der Waals surface area contributed by atoms with Crippen LogP contribution in [0.2, 0.25) is 5.02 Å². The second kappa shape index (κ2) is 6.64. The van der Waals surface area contributed by atoms with Gasteiger partial charge < -0.3 is 10.4 Å². The highest BCUT2D eigenvalue weighted by Crippen LogP contribution is 2.21. The fourth-order valence-electron chi connectivity index (χ4n) is 2.15. The van der Waals surface area contributed by atoms with Gasteiger partial charge in [0.2, 0.25) is 0 Å². The Hall–Kier alpha value is -2.63. The molecule has 6 heteroatoms. The molecular weight excluding hydrogens is 314 g/mol. The van der Waals surface area contributed by atoms with Gasteiger partial charge in [-0.1, -0.05) is 54.1 Å². The minimum atomic E-state index is -1.24. The first-order valence-electron chi connectivity index (χ1n) is 6.98. The minimum absolute atomic E-state index is 0.477. The van der Waals surface area contributed by atoms with Crippen LogP contribution in [0.3, 0.4) is 0 Å². The van der Waals surface area contributed by atoms with Gasteiger partial charge in [0.05, 0.1) is 28.8 Å². The second-order valence-electron chi connectivity index (χ2n) is 4.93. The predicted molar refractivity (Wildman–Crippen MR) is 88.6 cm³/mol. The van der Waals surface area contributed by atoms with Crippen molar-refractivity contribution in [2.45, 2.75) is 6.10 Å². The molecule has 0 aliphatic rings. The Balaban J connectivity index is 1.74. The summed E-state index contributed by atoms with van der Waals surface area (Å²) in [5, 5.41) is 17.4. The number of hydrogen-bond donors (Lipinski definition) is 2. The summed E-state index contributed by atoms with van der Waals surface area (Å²) in [7, 11) is 0. The molecule has 3 rings (SSSR count). The molecule has 23 heavy (non-hydrogen) atoms. The van der Waals surface area contributed by atoms with E-state index in [1.807, 2.05) is 24.3 Å². The van der Waals surface area contributed by atoms with Gasteiger partial charge in [-0.05, 0) is 17.7 Å². The van der Waals surface area contributed by atoms with Gasteiger partial charge in [0, 0.05) is 0 Å². The first kappa shape index (κ1) is 15.3. The zero-order valence-corrected chi connectivity index (χ0v) is 12.8. The number of rotatable bonds is 4. The number of amides is 1. The molecule has 0 aliphatic heterocycles. The lowest BCUT2D eigenvalue weighted by Gasteiger charge is -2.10. The Morgan fingerprint density at radius 2 is 1.83 bits per heavy atom. The molecular formula is C17H14ClN3O2. The van der Waals surface area contributed by atoms with Crippen LogP contribution in [0.4, 0.5) is 5.69 Å². The number of benzene rings is 2. The summed E-state index contributed by atoms with van der Waals surface area (Å²) in [5.74, 6) is -0.519. The lowest BCUT2D eigenvalue weighted by atomic mass is 10.1. The van der Waals surface area contributed by atoms with E-state index in [4.69, 9.17) is 11.6 Å². The highest BCUT2D eigenvalue weighted by Gasteiger charge is 2.17. The molecule has 0 saturated carbocycles. The van der Waals surface area contributed by atoms with Crippen molar-refractivity contribution in [3.63, 3.8) is 0 Å². The first-order valence-corrected chi connectivity index (χ1v) is 7.36. The van der Waals surface area contributed by atoms with Gasteiger partial charge in [0.25, 0.3) is 5.91 Å². The predicted octanol–water partition coefficient (Wildman–Crippen LogP) is 3.20. The second-order valence-corrected chi connectivity index (χ2v) is 5.33. The molecule has 0 saturated heterocycles. The summed E-state index contributed by atoms with van der Waals surface area (Å²) in [4.78, 5) is 12.1. The lowest BCUT2D eigenvalue weighted by molar-refractivity contribution is -0.124. The minimum Gasteiger partial charge on any atom is -0.378 e. The average molecular weight is 328 g/mol. The van der Waals surface area contributed by atoms with Crippen molar-refractivity contribution in [2.24, 2.45) is 0 Å². The van der Waals surface area contributed by atoms with Gasteiger partial charge in [-0.3, -0.25) is 4.79 Å². The Labute approximate surface area is 138 Å². The van der Waals surface area contributed by atoms with Crippen molar-refractivity contribution in [1.29, 1.82) is 0 Å². The van der Waals surface area contributed by atoms with E-state index in [0.717, 1.165) is 0 Å². The van der Waals surface area contributed by atoms with Gasteiger partial charge in [0.15, 0.2) is 6.10 Å². The quantitative estimate of drug-likeness (QED) is 0.773. The number of halogens is 1. The molecule has 0 bridgehead atoms. The topological polar surface area (TPSA) is 67.2 Å². The molecule has 3 aromatic rings. The third-order valence-electron chi connectivity index (χ3n) is 3.31. The van der Waals surface area contributed by atoms with Crippen molar-refractivity contribution >= 4 is 23.2 Å². The molecule has 116 valence electrons. The van der Waals surface area contributed by atoms with Crippen molar-refractivity contribution < 1.29 is 9.90 Å². The van der Waals surface area contributed by atoms with Crippen LogP contribution in [0.15, 0.2) is 67.0 Å². The van der Waals surface area contributed by atoms with E-state index in [9.17, 15) is 9.90 Å². The van der Waals surface area contributed by atoms with Crippen molar-refractivity contribution in [3.05, 3.63) is 77.6 Å². The Morgan fingerprint density at radius 1 is 1.13 bits per heavy atom. The summed E-state index contributed by atoms with van der Waals surface area (Å²) < 4.78 is 1.56. The normalized spacial score (nSPS) is 11.9. The molecule has 1 atom stereocenters. The molecule has 2 N–H and O–H groups in total. The molecule has 0 aliphatic carbocycles. The lowest BCUT2D eigenvalue weighted by Crippen LogP contribution is -2.20. The number of nitrogens with zero attached hydrogens (tertiary/aromatic N) is 2. The largest absolute Gasteiger partial charge is 0.378 e. The van der Waals surface area contributed by atoms with E-state index in [1.165, 1.54) is 6.20 Å². The van der Waals surface area contributed by atoms with Gasteiger partial charge >= 0.3 is 0 Å². The highest BCUT2D eigenvalue weighted by molar-refractivity contribution is 6.32. The number of aliphatic hydroxyl groups excluding tert-OH is 1. The maximum atomic E-state index is 12.1. The Morgan fingerprint density at radius 3 is 2.57 bits per heavy atom. The fraction of sp³-hybridized carbons (Fsp3) is 0.0588. The van der Waals surface area contributed by atoms with Gasteiger partial charge in [-0.25, -0.2) is 4.68 Å². The summed E-state index contributed by atoms with van der Waals surface area (Å²) >= 11 is 6.12. The SMILES string of the molecule is O=C(Nc1cnn(-c2ccccc2Cl)c1)C(O)c1ccccc1. The van der Waals surface area contributed by atoms with Gasteiger partial charge in [0.1, 0.15) is 0 Å². The molecule has 1 heterocycles. The number of anilines is 1. The molecule has 1 amide bonds. The van der Waals surface area contributed by atoms with Crippen molar-refractivity contribution in [2.75, 3.05) is 5.32 Å². The number of carbonyl (C=O) groups is 1. The van der Waals surface area contributed by atoms with Crippen LogP contribution in [0.5, 0.6) is 0 Å². The molecule has 0 radical (unpaired) electrons. The molecule has 0 fully saturated rings.